The lowest BCUT2D eigenvalue weighted by Gasteiger charge is -2.29. The molecule has 9 heteroatoms. The van der Waals surface area contributed by atoms with E-state index in [0.717, 1.165) is 44.6 Å². The van der Waals surface area contributed by atoms with E-state index in [4.69, 9.17) is 28.6 Å². The second kappa shape index (κ2) is 11.3. The number of aromatic nitrogens is 2. The van der Waals surface area contributed by atoms with Gasteiger partial charge in [0.05, 0.1) is 30.6 Å². The van der Waals surface area contributed by atoms with Gasteiger partial charge in [-0.05, 0) is 86.6 Å². The van der Waals surface area contributed by atoms with Crippen LogP contribution in [0.5, 0.6) is 5.75 Å². The number of ether oxygens (including phenoxy) is 1. The average molecular weight is 574 g/mol. The Balaban J connectivity index is 1.66. The Morgan fingerprint density at radius 2 is 1.93 bits per heavy atom. The first kappa shape index (κ1) is 27.7. The van der Waals surface area contributed by atoms with Gasteiger partial charge in [0.25, 0.3) is 0 Å². The Hall–Kier alpha value is -3.88. The van der Waals surface area contributed by atoms with Crippen molar-refractivity contribution in [2.45, 2.75) is 46.2 Å². The van der Waals surface area contributed by atoms with E-state index < -0.39 is 0 Å². The molecule has 2 atom stereocenters. The van der Waals surface area contributed by atoms with Crippen LogP contribution in [0.2, 0.25) is 5.02 Å². The smallest absolute Gasteiger partial charge is 0.224 e. The Morgan fingerprint density at radius 3 is 2.62 bits per heavy atom. The third kappa shape index (κ3) is 4.93. The SMILES string of the molecule is CCC(=O)Nc1ccc(N2C(=S)N[C@H](c3ccccn3)[C@H]2c2cc(C)n(-c3cccc(Cl)c3C)c2C)cc1OC. The van der Waals surface area contributed by atoms with Crippen molar-refractivity contribution in [3.63, 3.8) is 0 Å². The Bertz CT molecular complexity index is 1590. The van der Waals surface area contributed by atoms with E-state index in [-0.39, 0.29) is 18.0 Å². The van der Waals surface area contributed by atoms with Crippen molar-refractivity contribution in [1.82, 2.24) is 14.9 Å². The van der Waals surface area contributed by atoms with Crippen LogP contribution in [0, 0.1) is 20.8 Å². The summed E-state index contributed by atoms with van der Waals surface area (Å²) in [6.07, 6.45) is 2.17. The number of rotatable bonds is 7. The fraction of sp³-hybridized carbons (Fsp3) is 0.258. The molecule has 40 heavy (non-hydrogen) atoms. The molecular weight excluding hydrogens is 542 g/mol. The molecule has 1 amide bonds. The van der Waals surface area contributed by atoms with Crippen molar-refractivity contribution in [2.24, 2.45) is 0 Å². The lowest BCUT2D eigenvalue weighted by Crippen LogP contribution is -2.29. The van der Waals surface area contributed by atoms with E-state index in [1.54, 1.807) is 13.3 Å². The Kier molecular flexibility index (Phi) is 7.83. The van der Waals surface area contributed by atoms with Gasteiger partial charge in [-0.2, -0.15) is 0 Å². The second-order valence-electron chi connectivity index (χ2n) is 9.83. The van der Waals surface area contributed by atoms with Gasteiger partial charge in [-0.1, -0.05) is 30.7 Å². The van der Waals surface area contributed by atoms with Crippen LogP contribution in [0.15, 0.2) is 66.9 Å². The Morgan fingerprint density at radius 1 is 1.12 bits per heavy atom. The molecule has 0 bridgehead atoms. The zero-order valence-electron chi connectivity index (χ0n) is 23.2. The predicted molar refractivity (Wildman–Crippen MR) is 165 cm³/mol. The maximum atomic E-state index is 12.1. The number of aryl methyl sites for hydroxylation is 1. The van der Waals surface area contributed by atoms with Crippen molar-refractivity contribution in [3.8, 4) is 11.4 Å². The summed E-state index contributed by atoms with van der Waals surface area (Å²) in [6, 6.07) is 19.4. The van der Waals surface area contributed by atoms with E-state index in [1.165, 1.54) is 0 Å². The molecule has 0 radical (unpaired) electrons. The third-order valence-electron chi connectivity index (χ3n) is 7.43. The summed E-state index contributed by atoms with van der Waals surface area (Å²) in [4.78, 5) is 18.9. The fourth-order valence-electron chi connectivity index (χ4n) is 5.42. The maximum absolute atomic E-state index is 12.1. The van der Waals surface area contributed by atoms with Gasteiger partial charge in [-0.25, -0.2) is 0 Å². The van der Waals surface area contributed by atoms with E-state index in [1.807, 2.05) is 62.4 Å². The maximum Gasteiger partial charge on any atom is 0.224 e. The highest BCUT2D eigenvalue weighted by molar-refractivity contribution is 7.80. The minimum absolute atomic E-state index is 0.0822. The van der Waals surface area contributed by atoms with Crippen molar-refractivity contribution >= 4 is 46.2 Å². The molecule has 3 heterocycles. The first-order valence-corrected chi connectivity index (χ1v) is 14.0. The molecule has 5 rings (SSSR count). The van der Waals surface area contributed by atoms with Crippen molar-refractivity contribution in [2.75, 3.05) is 17.3 Å². The zero-order valence-corrected chi connectivity index (χ0v) is 24.7. The molecule has 0 spiro atoms. The van der Waals surface area contributed by atoms with Gasteiger partial charge in [-0.3, -0.25) is 9.78 Å². The first-order chi connectivity index (χ1) is 19.2. The molecule has 2 aromatic carbocycles. The first-order valence-electron chi connectivity index (χ1n) is 13.2. The van der Waals surface area contributed by atoms with Crippen LogP contribution in [-0.2, 0) is 4.79 Å². The number of methoxy groups -OCH3 is 1. The van der Waals surface area contributed by atoms with E-state index in [9.17, 15) is 4.79 Å². The summed E-state index contributed by atoms with van der Waals surface area (Å²) < 4.78 is 7.92. The number of carbonyl (C=O) groups excluding carboxylic acids is 1. The molecule has 2 aromatic heterocycles. The van der Waals surface area contributed by atoms with Crippen LogP contribution in [0.3, 0.4) is 0 Å². The number of hydrogen-bond donors (Lipinski definition) is 2. The largest absolute Gasteiger partial charge is 0.494 e. The van der Waals surface area contributed by atoms with E-state index >= 15 is 0 Å². The standard InChI is InChI=1S/C31H32ClN5O2S/c1-6-28(38)34-24-14-13-21(17-27(24)39-5)37-30(29(35-31(37)40)25-11-7-8-15-33-25)22-16-18(2)36(20(22)4)26-12-9-10-23(32)19(26)3/h7-17,29-30H,6H2,1-5H3,(H,34,38)(H,35,40)/t29-,30-/m1/s1. The summed E-state index contributed by atoms with van der Waals surface area (Å²) in [5, 5.41) is 7.75. The number of nitrogens with one attached hydrogen (secondary N) is 2. The third-order valence-corrected chi connectivity index (χ3v) is 8.15. The monoisotopic (exact) mass is 573 g/mol. The van der Waals surface area contributed by atoms with Crippen molar-refractivity contribution < 1.29 is 9.53 Å². The van der Waals surface area contributed by atoms with Crippen LogP contribution in [0.1, 0.15) is 53.6 Å². The highest BCUT2D eigenvalue weighted by Gasteiger charge is 2.42. The summed E-state index contributed by atoms with van der Waals surface area (Å²) in [5.41, 5.74) is 7.70. The quantitative estimate of drug-likeness (QED) is 0.232. The molecule has 1 aliphatic rings. The van der Waals surface area contributed by atoms with Crippen LogP contribution < -0.4 is 20.3 Å². The lowest BCUT2D eigenvalue weighted by atomic mass is 9.96. The topological polar surface area (TPSA) is 71.4 Å². The number of benzene rings is 2. The van der Waals surface area contributed by atoms with Crippen LogP contribution >= 0.6 is 23.8 Å². The normalized spacial score (nSPS) is 16.6. The van der Waals surface area contributed by atoms with Crippen LogP contribution in [0.25, 0.3) is 5.69 Å². The molecule has 0 saturated carbocycles. The summed E-state index contributed by atoms with van der Waals surface area (Å²) in [5.74, 6) is 0.475. The number of anilines is 2. The highest BCUT2D eigenvalue weighted by atomic mass is 35.5. The predicted octanol–water partition coefficient (Wildman–Crippen LogP) is 6.99. The van der Waals surface area contributed by atoms with E-state index in [2.05, 4.69) is 51.1 Å². The van der Waals surface area contributed by atoms with Gasteiger partial charge in [0.1, 0.15) is 5.75 Å². The van der Waals surface area contributed by atoms with Gasteiger partial charge in [0.2, 0.25) is 5.91 Å². The van der Waals surface area contributed by atoms with Gasteiger partial charge < -0.3 is 24.8 Å². The second-order valence-corrected chi connectivity index (χ2v) is 10.6. The number of amides is 1. The molecule has 0 aliphatic carbocycles. The van der Waals surface area contributed by atoms with Gasteiger partial charge in [-0.15, -0.1) is 0 Å². The highest BCUT2D eigenvalue weighted by Crippen LogP contribution is 2.45. The number of hydrogen-bond acceptors (Lipinski definition) is 4. The zero-order chi connectivity index (χ0) is 28.6. The molecule has 2 N–H and O–H groups in total. The van der Waals surface area contributed by atoms with Gasteiger partial charge >= 0.3 is 0 Å². The van der Waals surface area contributed by atoms with Gasteiger partial charge in [0.15, 0.2) is 5.11 Å². The van der Waals surface area contributed by atoms with Crippen molar-refractivity contribution in [1.29, 1.82) is 0 Å². The molecule has 206 valence electrons. The number of thiocarbonyl (C=S) groups is 1. The molecule has 1 aliphatic heterocycles. The molecule has 4 aromatic rings. The number of nitrogens with zero attached hydrogens (tertiary/aromatic N) is 3. The van der Waals surface area contributed by atoms with Crippen LogP contribution in [-0.4, -0.2) is 27.7 Å². The minimum atomic E-state index is -0.206. The summed E-state index contributed by atoms with van der Waals surface area (Å²) in [7, 11) is 1.59. The molecule has 7 nitrogen and oxygen atoms in total. The van der Waals surface area contributed by atoms with Crippen molar-refractivity contribution in [3.05, 3.63) is 100 Å². The van der Waals surface area contributed by atoms with E-state index in [0.29, 0.717) is 23.0 Å². The number of pyridine rings is 1. The van der Waals surface area contributed by atoms with Gasteiger partial charge in [0, 0.05) is 46.5 Å². The van der Waals surface area contributed by atoms with Crippen LogP contribution in [0.4, 0.5) is 11.4 Å². The minimum Gasteiger partial charge on any atom is -0.494 e. The lowest BCUT2D eigenvalue weighted by molar-refractivity contribution is -0.115. The average Bonchev–Trinajstić information content (AvgIpc) is 3.45. The Labute approximate surface area is 245 Å². The number of carbonyl (C=O) groups is 1. The molecule has 1 fully saturated rings. The number of halogens is 1. The molecular formula is C31H32ClN5O2S. The molecule has 1 saturated heterocycles. The summed E-state index contributed by atoms with van der Waals surface area (Å²) in [6.45, 7) is 8.08. The molecule has 0 unspecified atom stereocenters. The summed E-state index contributed by atoms with van der Waals surface area (Å²) >= 11 is 12.5. The fourth-order valence-corrected chi connectivity index (χ4v) is 5.93.